The SMILES string of the molecule is COc1ccc(-c2c(O)c(=O)c2=O)cc1OC. The van der Waals surface area contributed by atoms with Gasteiger partial charge in [0.15, 0.2) is 17.2 Å². The van der Waals surface area contributed by atoms with E-state index in [1.807, 2.05) is 0 Å². The summed E-state index contributed by atoms with van der Waals surface area (Å²) in [5, 5.41) is 9.33. The van der Waals surface area contributed by atoms with E-state index in [1.54, 1.807) is 12.1 Å². The molecular formula is C12H10O5. The Labute approximate surface area is 96.5 Å². The van der Waals surface area contributed by atoms with Gasteiger partial charge in [0.2, 0.25) is 5.43 Å². The van der Waals surface area contributed by atoms with Crippen molar-refractivity contribution in [1.29, 1.82) is 0 Å². The van der Waals surface area contributed by atoms with Gasteiger partial charge in [-0.1, -0.05) is 6.07 Å². The van der Waals surface area contributed by atoms with Gasteiger partial charge in [0.05, 0.1) is 19.8 Å². The molecule has 0 aliphatic heterocycles. The van der Waals surface area contributed by atoms with E-state index in [0.29, 0.717) is 17.1 Å². The van der Waals surface area contributed by atoms with Crippen LogP contribution in [0.4, 0.5) is 0 Å². The summed E-state index contributed by atoms with van der Waals surface area (Å²) >= 11 is 0. The van der Waals surface area contributed by atoms with Crippen LogP contribution in [-0.4, -0.2) is 19.3 Å². The zero-order valence-corrected chi connectivity index (χ0v) is 9.31. The fourth-order valence-electron chi connectivity index (χ4n) is 1.64. The Balaban J connectivity index is 2.56. The predicted octanol–water partition coefficient (Wildman–Crippen LogP) is 0.672. The third kappa shape index (κ3) is 1.56. The molecule has 0 fully saturated rings. The molecule has 0 heterocycles. The van der Waals surface area contributed by atoms with Crippen LogP contribution in [0.3, 0.4) is 0 Å². The van der Waals surface area contributed by atoms with Crippen LogP contribution in [0.15, 0.2) is 27.8 Å². The van der Waals surface area contributed by atoms with Gasteiger partial charge in [-0.15, -0.1) is 0 Å². The number of hydrogen-bond acceptors (Lipinski definition) is 5. The van der Waals surface area contributed by atoms with Gasteiger partial charge in [0.25, 0.3) is 5.43 Å². The zero-order valence-electron chi connectivity index (χ0n) is 9.31. The van der Waals surface area contributed by atoms with Crippen LogP contribution in [0.1, 0.15) is 0 Å². The molecule has 0 amide bonds. The summed E-state index contributed by atoms with van der Waals surface area (Å²) in [5.41, 5.74) is -1.08. The topological polar surface area (TPSA) is 72.8 Å². The van der Waals surface area contributed by atoms with Crippen LogP contribution in [0.5, 0.6) is 17.2 Å². The zero-order chi connectivity index (χ0) is 12.6. The lowest BCUT2D eigenvalue weighted by molar-refractivity contribution is 0.355. The first-order valence-electron chi connectivity index (χ1n) is 4.84. The maximum Gasteiger partial charge on any atom is 0.268 e. The minimum atomic E-state index is -0.852. The first-order chi connectivity index (χ1) is 8.10. The third-order valence-electron chi connectivity index (χ3n) is 2.56. The van der Waals surface area contributed by atoms with E-state index in [9.17, 15) is 14.7 Å². The highest BCUT2D eigenvalue weighted by atomic mass is 16.5. The quantitative estimate of drug-likeness (QED) is 0.790. The Morgan fingerprint density at radius 3 is 2.18 bits per heavy atom. The van der Waals surface area contributed by atoms with Crippen LogP contribution >= 0.6 is 0 Å². The van der Waals surface area contributed by atoms with Crippen molar-refractivity contribution in [2.75, 3.05) is 14.2 Å². The van der Waals surface area contributed by atoms with Crippen LogP contribution in [0.25, 0.3) is 11.1 Å². The van der Waals surface area contributed by atoms with E-state index in [4.69, 9.17) is 9.47 Å². The lowest BCUT2D eigenvalue weighted by Gasteiger charge is -2.10. The molecule has 0 bridgehead atoms. The molecule has 0 atom stereocenters. The summed E-state index contributed by atoms with van der Waals surface area (Å²) in [6, 6.07) is 4.72. The molecule has 0 unspecified atom stereocenters. The first-order valence-corrected chi connectivity index (χ1v) is 4.84. The van der Waals surface area contributed by atoms with Crippen molar-refractivity contribution < 1.29 is 14.6 Å². The predicted molar refractivity (Wildman–Crippen MR) is 61.6 cm³/mol. The Kier molecular flexibility index (Phi) is 2.59. The number of rotatable bonds is 3. The Morgan fingerprint density at radius 2 is 1.65 bits per heavy atom. The van der Waals surface area contributed by atoms with E-state index in [0.717, 1.165) is 0 Å². The van der Waals surface area contributed by atoms with Crippen molar-refractivity contribution in [3.05, 3.63) is 38.6 Å². The van der Waals surface area contributed by atoms with Crippen molar-refractivity contribution in [3.8, 4) is 28.4 Å². The molecular weight excluding hydrogens is 224 g/mol. The summed E-state index contributed by atoms with van der Waals surface area (Å²) in [7, 11) is 2.95. The van der Waals surface area contributed by atoms with E-state index in [-0.39, 0.29) is 5.56 Å². The van der Waals surface area contributed by atoms with Gasteiger partial charge < -0.3 is 14.6 Å². The molecule has 0 aromatic heterocycles. The van der Waals surface area contributed by atoms with Crippen LogP contribution in [0, 0.1) is 0 Å². The molecule has 0 saturated carbocycles. The highest BCUT2D eigenvalue weighted by molar-refractivity contribution is 5.75. The number of hydrogen-bond donors (Lipinski definition) is 1. The number of ether oxygens (including phenoxy) is 2. The largest absolute Gasteiger partial charge is 0.503 e. The Hall–Kier alpha value is -2.30. The molecule has 1 N–H and O–H groups in total. The Morgan fingerprint density at radius 1 is 1.00 bits per heavy atom. The molecule has 0 radical (unpaired) electrons. The summed E-state index contributed by atoms with van der Waals surface area (Å²) in [6.07, 6.45) is 0. The molecule has 2 aromatic carbocycles. The monoisotopic (exact) mass is 234 g/mol. The molecule has 0 saturated heterocycles. The van der Waals surface area contributed by atoms with Gasteiger partial charge in [-0.25, -0.2) is 0 Å². The normalized spacial score (nSPS) is 10.5. The highest BCUT2D eigenvalue weighted by Crippen LogP contribution is 2.33. The van der Waals surface area contributed by atoms with Gasteiger partial charge in [0.1, 0.15) is 0 Å². The minimum Gasteiger partial charge on any atom is -0.503 e. The van der Waals surface area contributed by atoms with Gasteiger partial charge in [0, 0.05) is 0 Å². The molecule has 5 nitrogen and oxygen atoms in total. The second-order valence-electron chi connectivity index (χ2n) is 3.45. The first kappa shape index (κ1) is 11.2. The van der Waals surface area contributed by atoms with Crippen molar-refractivity contribution in [3.63, 3.8) is 0 Å². The highest BCUT2D eigenvalue weighted by Gasteiger charge is 2.22. The second kappa shape index (κ2) is 3.93. The van der Waals surface area contributed by atoms with E-state index >= 15 is 0 Å². The van der Waals surface area contributed by atoms with E-state index in [2.05, 4.69) is 0 Å². The summed E-state index contributed by atoms with van der Waals surface area (Å²) in [5.74, 6) is 0.439. The smallest absolute Gasteiger partial charge is 0.268 e. The van der Waals surface area contributed by atoms with Crippen molar-refractivity contribution in [1.82, 2.24) is 0 Å². The average molecular weight is 234 g/mol. The van der Waals surface area contributed by atoms with Crippen LogP contribution in [0.2, 0.25) is 0 Å². The molecule has 2 rings (SSSR count). The van der Waals surface area contributed by atoms with Crippen LogP contribution in [-0.2, 0) is 0 Å². The molecule has 0 spiro atoms. The molecule has 17 heavy (non-hydrogen) atoms. The van der Waals surface area contributed by atoms with E-state index in [1.165, 1.54) is 20.3 Å². The molecule has 5 heteroatoms. The fourth-order valence-corrected chi connectivity index (χ4v) is 1.64. The summed E-state index contributed by atoms with van der Waals surface area (Å²) in [4.78, 5) is 22.2. The molecule has 0 aliphatic carbocycles. The molecule has 88 valence electrons. The van der Waals surface area contributed by atoms with Gasteiger partial charge in [-0.3, -0.25) is 9.59 Å². The van der Waals surface area contributed by atoms with Crippen molar-refractivity contribution in [2.45, 2.75) is 0 Å². The maximum absolute atomic E-state index is 11.3. The average Bonchev–Trinajstić information content (AvgIpc) is 2.38. The van der Waals surface area contributed by atoms with Crippen LogP contribution < -0.4 is 20.3 Å². The molecule has 0 aliphatic rings. The van der Waals surface area contributed by atoms with Gasteiger partial charge >= 0.3 is 0 Å². The maximum atomic E-state index is 11.3. The number of methoxy groups -OCH3 is 2. The lowest BCUT2D eigenvalue weighted by Crippen LogP contribution is -2.31. The Bertz CT molecular complexity index is 635. The molecule has 2 aromatic rings. The van der Waals surface area contributed by atoms with Crippen molar-refractivity contribution >= 4 is 0 Å². The van der Waals surface area contributed by atoms with Gasteiger partial charge in [-0.2, -0.15) is 0 Å². The number of benzene rings is 1. The third-order valence-corrected chi connectivity index (χ3v) is 2.56. The minimum absolute atomic E-state index is 0.0240. The lowest BCUT2D eigenvalue weighted by atomic mass is 10.00. The summed E-state index contributed by atoms with van der Waals surface area (Å²) < 4.78 is 10.1. The second-order valence-corrected chi connectivity index (χ2v) is 3.45. The standard InChI is InChI=1S/C12H10O5/c1-16-7-4-3-6(5-8(7)17-2)9-10(13)12(15)11(9)14/h3-5,13H,1-2H3. The van der Waals surface area contributed by atoms with E-state index < -0.39 is 16.6 Å². The summed E-state index contributed by atoms with van der Waals surface area (Å²) in [6.45, 7) is 0. The number of aromatic hydroxyl groups is 1. The van der Waals surface area contributed by atoms with Crippen molar-refractivity contribution in [2.24, 2.45) is 0 Å². The van der Waals surface area contributed by atoms with Gasteiger partial charge in [-0.05, 0) is 17.7 Å². The fraction of sp³-hybridized carbons (Fsp3) is 0.167.